The third-order valence-corrected chi connectivity index (χ3v) is 3.21. The molecule has 112 valence electrons. The number of rotatable bonds is 6. The highest BCUT2D eigenvalue weighted by molar-refractivity contribution is 5.43. The Morgan fingerprint density at radius 3 is 2.33 bits per heavy atom. The standard InChI is InChI=1S/C17H20O4/c1-12(18)14-6-4-5-7-15(14)21-11-13-8-9-16(19-2)17(10-13)20-3/h4-10,12,18H,11H2,1-3H3. The van der Waals surface area contributed by atoms with E-state index in [9.17, 15) is 5.11 Å². The number of hydrogen-bond acceptors (Lipinski definition) is 4. The minimum Gasteiger partial charge on any atom is -0.493 e. The molecule has 0 aliphatic heterocycles. The molecule has 2 aromatic rings. The number of benzene rings is 2. The quantitative estimate of drug-likeness (QED) is 0.885. The number of methoxy groups -OCH3 is 2. The van der Waals surface area contributed by atoms with Gasteiger partial charge in [0.25, 0.3) is 0 Å². The molecule has 2 aromatic carbocycles. The molecule has 0 heterocycles. The lowest BCUT2D eigenvalue weighted by Crippen LogP contribution is -2.01. The first kappa shape index (κ1) is 15.2. The molecule has 1 N–H and O–H groups in total. The minimum atomic E-state index is -0.563. The molecule has 1 unspecified atom stereocenters. The van der Waals surface area contributed by atoms with E-state index in [1.54, 1.807) is 21.1 Å². The predicted octanol–water partition coefficient (Wildman–Crippen LogP) is 3.34. The smallest absolute Gasteiger partial charge is 0.161 e. The van der Waals surface area contributed by atoms with Gasteiger partial charge >= 0.3 is 0 Å². The third kappa shape index (κ3) is 3.67. The highest BCUT2D eigenvalue weighted by atomic mass is 16.5. The Kier molecular flexibility index (Phi) is 5.06. The zero-order valence-electron chi connectivity index (χ0n) is 12.5. The van der Waals surface area contributed by atoms with E-state index in [1.165, 1.54) is 0 Å². The van der Waals surface area contributed by atoms with Crippen molar-refractivity contribution < 1.29 is 19.3 Å². The number of para-hydroxylation sites is 1. The second kappa shape index (κ2) is 6.99. The van der Waals surface area contributed by atoms with Crippen LogP contribution in [0.15, 0.2) is 42.5 Å². The van der Waals surface area contributed by atoms with Gasteiger partial charge in [0.2, 0.25) is 0 Å². The van der Waals surface area contributed by atoms with Crippen LogP contribution in [0, 0.1) is 0 Å². The summed E-state index contributed by atoms with van der Waals surface area (Å²) >= 11 is 0. The van der Waals surface area contributed by atoms with Crippen LogP contribution in [-0.4, -0.2) is 19.3 Å². The van der Waals surface area contributed by atoms with Crippen LogP contribution < -0.4 is 14.2 Å². The Bertz CT molecular complexity index is 593. The summed E-state index contributed by atoms with van der Waals surface area (Å²) in [4.78, 5) is 0. The monoisotopic (exact) mass is 288 g/mol. The number of aliphatic hydroxyl groups is 1. The van der Waals surface area contributed by atoms with E-state index in [1.807, 2.05) is 42.5 Å². The van der Waals surface area contributed by atoms with Gasteiger partial charge in [-0.15, -0.1) is 0 Å². The molecule has 1 atom stereocenters. The molecule has 0 bridgehead atoms. The van der Waals surface area contributed by atoms with Gasteiger partial charge in [-0.05, 0) is 30.7 Å². The van der Waals surface area contributed by atoms with Crippen molar-refractivity contribution in [2.24, 2.45) is 0 Å². The maximum absolute atomic E-state index is 9.74. The van der Waals surface area contributed by atoms with E-state index < -0.39 is 6.10 Å². The van der Waals surface area contributed by atoms with E-state index in [0.29, 0.717) is 23.9 Å². The average molecular weight is 288 g/mol. The number of aliphatic hydroxyl groups excluding tert-OH is 1. The van der Waals surface area contributed by atoms with Gasteiger partial charge < -0.3 is 19.3 Å². The summed E-state index contributed by atoms with van der Waals surface area (Å²) in [5.41, 5.74) is 1.74. The molecule has 2 rings (SSSR count). The highest BCUT2D eigenvalue weighted by Gasteiger charge is 2.09. The van der Waals surface area contributed by atoms with Gasteiger partial charge in [-0.1, -0.05) is 24.3 Å². The first-order valence-corrected chi connectivity index (χ1v) is 6.76. The topological polar surface area (TPSA) is 47.9 Å². The van der Waals surface area contributed by atoms with Gasteiger partial charge in [0.15, 0.2) is 11.5 Å². The summed E-state index contributed by atoms with van der Waals surface area (Å²) in [6, 6.07) is 13.1. The van der Waals surface area contributed by atoms with Gasteiger partial charge in [-0.25, -0.2) is 0 Å². The fourth-order valence-electron chi connectivity index (χ4n) is 2.09. The molecule has 0 radical (unpaired) electrons. The molecule has 0 amide bonds. The zero-order valence-corrected chi connectivity index (χ0v) is 12.5. The van der Waals surface area contributed by atoms with Gasteiger partial charge in [0.05, 0.1) is 20.3 Å². The number of ether oxygens (including phenoxy) is 3. The van der Waals surface area contributed by atoms with Crippen LogP contribution in [0.3, 0.4) is 0 Å². The molecule has 0 aliphatic carbocycles. The number of hydrogen-bond donors (Lipinski definition) is 1. The van der Waals surface area contributed by atoms with Crippen molar-refractivity contribution >= 4 is 0 Å². The summed E-state index contributed by atoms with van der Waals surface area (Å²) in [6.45, 7) is 2.11. The average Bonchev–Trinajstić information content (AvgIpc) is 2.52. The molecule has 0 saturated heterocycles. The van der Waals surface area contributed by atoms with Crippen LogP contribution in [-0.2, 0) is 6.61 Å². The van der Waals surface area contributed by atoms with Gasteiger partial charge in [0, 0.05) is 5.56 Å². The second-order valence-electron chi connectivity index (χ2n) is 4.69. The Morgan fingerprint density at radius 2 is 1.67 bits per heavy atom. The first-order valence-electron chi connectivity index (χ1n) is 6.76. The largest absolute Gasteiger partial charge is 0.493 e. The van der Waals surface area contributed by atoms with Crippen LogP contribution in [0.4, 0.5) is 0 Å². The summed E-state index contributed by atoms with van der Waals surface area (Å²) in [7, 11) is 3.21. The van der Waals surface area contributed by atoms with Crippen LogP contribution in [0.1, 0.15) is 24.2 Å². The van der Waals surface area contributed by atoms with Crippen LogP contribution >= 0.6 is 0 Å². The van der Waals surface area contributed by atoms with Crippen LogP contribution in [0.2, 0.25) is 0 Å². The van der Waals surface area contributed by atoms with E-state index in [0.717, 1.165) is 11.1 Å². The summed E-state index contributed by atoms with van der Waals surface area (Å²) in [5, 5.41) is 9.74. The van der Waals surface area contributed by atoms with Crippen molar-refractivity contribution in [3.63, 3.8) is 0 Å². The highest BCUT2D eigenvalue weighted by Crippen LogP contribution is 2.29. The second-order valence-corrected chi connectivity index (χ2v) is 4.69. The van der Waals surface area contributed by atoms with Crippen molar-refractivity contribution in [1.82, 2.24) is 0 Å². The Hall–Kier alpha value is -2.20. The minimum absolute atomic E-state index is 0.393. The normalized spacial score (nSPS) is 11.8. The van der Waals surface area contributed by atoms with Crippen LogP contribution in [0.25, 0.3) is 0 Å². The molecule has 21 heavy (non-hydrogen) atoms. The lowest BCUT2D eigenvalue weighted by Gasteiger charge is -2.14. The molecule has 4 nitrogen and oxygen atoms in total. The molecule has 4 heteroatoms. The molecule has 0 saturated carbocycles. The lowest BCUT2D eigenvalue weighted by atomic mass is 10.1. The molecule has 0 aromatic heterocycles. The van der Waals surface area contributed by atoms with Crippen molar-refractivity contribution in [3.8, 4) is 17.2 Å². The van der Waals surface area contributed by atoms with E-state index >= 15 is 0 Å². The first-order chi connectivity index (χ1) is 10.2. The van der Waals surface area contributed by atoms with E-state index in [4.69, 9.17) is 14.2 Å². The van der Waals surface area contributed by atoms with Gasteiger partial charge in [-0.2, -0.15) is 0 Å². The Labute approximate surface area is 124 Å². The summed E-state index contributed by atoms with van der Waals surface area (Å²) in [6.07, 6.45) is -0.563. The molecule has 0 spiro atoms. The van der Waals surface area contributed by atoms with Gasteiger partial charge in [0.1, 0.15) is 12.4 Å². The summed E-state index contributed by atoms with van der Waals surface area (Å²) in [5.74, 6) is 2.04. The predicted molar refractivity (Wildman–Crippen MR) is 81.0 cm³/mol. The van der Waals surface area contributed by atoms with Crippen molar-refractivity contribution in [2.45, 2.75) is 19.6 Å². The van der Waals surface area contributed by atoms with Crippen molar-refractivity contribution in [2.75, 3.05) is 14.2 Å². The molecular weight excluding hydrogens is 268 g/mol. The Morgan fingerprint density at radius 1 is 0.952 bits per heavy atom. The van der Waals surface area contributed by atoms with Crippen molar-refractivity contribution in [3.05, 3.63) is 53.6 Å². The third-order valence-electron chi connectivity index (χ3n) is 3.21. The zero-order chi connectivity index (χ0) is 15.2. The molecule has 0 aliphatic rings. The van der Waals surface area contributed by atoms with Crippen LogP contribution in [0.5, 0.6) is 17.2 Å². The van der Waals surface area contributed by atoms with E-state index in [-0.39, 0.29) is 0 Å². The fraction of sp³-hybridized carbons (Fsp3) is 0.294. The molecule has 0 fully saturated rings. The Balaban J connectivity index is 2.13. The van der Waals surface area contributed by atoms with Gasteiger partial charge in [-0.3, -0.25) is 0 Å². The maximum atomic E-state index is 9.74. The SMILES string of the molecule is COc1ccc(COc2ccccc2C(C)O)cc1OC. The molecular formula is C17H20O4. The lowest BCUT2D eigenvalue weighted by molar-refractivity contribution is 0.190. The van der Waals surface area contributed by atoms with Crippen molar-refractivity contribution in [1.29, 1.82) is 0 Å². The maximum Gasteiger partial charge on any atom is 0.161 e. The fourth-order valence-corrected chi connectivity index (χ4v) is 2.09. The van der Waals surface area contributed by atoms with E-state index in [2.05, 4.69) is 0 Å². The summed E-state index contributed by atoms with van der Waals surface area (Å²) < 4.78 is 16.3.